The largest absolute Gasteiger partial charge is 0.481 e. The fourth-order valence-corrected chi connectivity index (χ4v) is 2.67. The highest BCUT2D eigenvalue weighted by Crippen LogP contribution is 2.20. The molecule has 3 N–H and O–H groups in total. The molecule has 0 unspecified atom stereocenters. The summed E-state index contributed by atoms with van der Waals surface area (Å²) < 4.78 is 26.6. The first-order valence-electron chi connectivity index (χ1n) is 5.80. The Morgan fingerprint density at radius 2 is 2.10 bits per heavy atom. The minimum atomic E-state index is -3.72. The van der Waals surface area contributed by atoms with E-state index >= 15 is 0 Å². The first-order valence-corrected chi connectivity index (χ1v) is 7.28. The molecule has 0 spiro atoms. The Labute approximate surface area is 115 Å². The van der Waals surface area contributed by atoms with Crippen molar-refractivity contribution in [1.29, 1.82) is 0 Å². The van der Waals surface area contributed by atoms with Gasteiger partial charge in [0.25, 0.3) is 10.0 Å². The van der Waals surface area contributed by atoms with Crippen LogP contribution < -0.4 is 4.72 Å². The molecule has 1 aromatic carbocycles. The summed E-state index contributed by atoms with van der Waals surface area (Å²) in [5, 5.41) is 14.7. The van der Waals surface area contributed by atoms with E-state index in [1.165, 1.54) is 12.4 Å². The van der Waals surface area contributed by atoms with Crippen LogP contribution in [0.2, 0.25) is 0 Å². The van der Waals surface area contributed by atoms with Crippen molar-refractivity contribution in [3.8, 4) is 0 Å². The number of carbonyl (C=O) groups is 1. The SMILES string of the molecule is O=C(O)CCc1ccccc1NS(=O)(=O)c1cn[nH]c1. The lowest BCUT2D eigenvalue weighted by Crippen LogP contribution is -2.14. The Kier molecular flexibility index (Phi) is 4.04. The minimum absolute atomic E-state index is 0.0190. The third-order valence-electron chi connectivity index (χ3n) is 2.65. The lowest BCUT2D eigenvalue weighted by Gasteiger charge is -2.10. The van der Waals surface area contributed by atoms with E-state index in [1.54, 1.807) is 24.3 Å². The van der Waals surface area contributed by atoms with Crippen molar-refractivity contribution in [2.24, 2.45) is 0 Å². The van der Waals surface area contributed by atoms with E-state index in [1.807, 2.05) is 0 Å². The molecule has 2 rings (SSSR count). The molecule has 0 aliphatic rings. The summed E-state index contributed by atoms with van der Waals surface area (Å²) >= 11 is 0. The number of aromatic amines is 1. The molecule has 8 heteroatoms. The Morgan fingerprint density at radius 3 is 2.75 bits per heavy atom. The van der Waals surface area contributed by atoms with Crippen LogP contribution in [0.4, 0.5) is 5.69 Å². The number of sulfonamides is 1. The number of carboxylic acid groups (broad SMARTS) is 1. The number of hydrogen-bond donors (Lipinski definition) is 3. The molecule has 0 saturated heterocycles. The molecule has 0 atom stereocenters. The zero-order valence-electron chi connectivity index (χ0n) is 10.4. The predicted molar refractivity (Wildman–Crippen MR) is 71.8 cm³/mol. The maximum atomic E-state index is 12.1. The average molecular weight is 295 g/mol. The Bertz CT molecular complexity index is 695. The topological polar surface area (TPSA) is 112 Å². The van der Waals surface area contributed by atoms with Crippen molar-refractivity contribution in [3.63, 3.8) is 0 Å². The van der Waals surface area contributed by atoms with E-state index in [0.29, 0.717) is 11.3 Å². The summed E-state index contributed by atoms with van der Waals surface area (Å²) in [5.74, 6) is -0.933. The standard InChI is InChI=1S/C12H13N3O4S/c16-12(17)6-5-9-3-1-2-4-11(9)15-20(18,19)10-7-13-14-8-10/h1-4,7-8,15H,5-6H2,(H,13,14)(H,16,17). The number of hydrogen-bond acceptors (Lipinski definition) is 4. The quantitative estimate of drug-likeness (QED) is 0.742. The number of aryl methyl sites for hydroxylation is 1. The lowest BCUT2D eigenvalue weighted by atomic mass is 10.1. The van der Waals surface area contributed by atoms with Crippen LogP contribution in [0.1, 0.15) is 12.0 Å². The van der Waals surface area contributed by atoms with Gasteiger partial charge < -0.3 is 5.11 Å². The summed E-state index contributed by atoms with van der Waals surface area (Å²) in [7, 11) is -3.72. The molecular weight excluding hydrogens is 282 g/mol. The van der Waals surface area contributed by atoms with Gasteiger partial charge in [-0.1, -0.05) is 18.2 Å². The number of benzene rings is 1. The van der Waals surface area contributed by atoms with E-state index in [9.17, 15) is 13.2 Å². The molecule has 0 aliphatic heterocycles. The highest BCUT2D eigenvalue weighted by Gasteiger charge is 2.17. The van der Waals surface area contributed by atoms with Gasteiger partial charge in [0.15, 0.2) is 0 Å². The van der Waals surface area contributed by atoms with Gasteiger partial charge in [0.1, 0.15) is 4.90 Å². The minimum Gasteiger partial charge on any atom is -0.481 e. The van der Waals surface area contributed by atoms with Gasteiger partial charge in [-0.3, -0.25) is 14.6 Å². The first kappa shape index (κ1) is 14.1. The second-order valence-corrected chi connectivity index (χ2v) is 5.77. The van der Waals surface area contributed by atoms with E-state index in [-0.39, 0.29) is 17.7 Å². The number of aromatic nitrogens is 2. The molecule has 7 nitrogen and oxygen atoms in total. The van der Waals surface area contributed by atoms with Gasteiger partial charge in [-0.2, -0.15) is 5.10 Å². The molecule has 20 heavy (non-hydrogen) atoms. The number of H-pyrrole nitrogens is 1. The fraction of sp³-hybridized carbons (Fsp3) is 0.167. The summed E-state index contributed by atoms with van der Waals surface area (Å²) in [6, 6.07) is 6.69. The Hall–Kier alpha value is -2.35. The number of nitrogens with one attached hydrogen (secondary N) is 2. The van der Waals surface area contributed by atoms with Crippen molar-refractivity contribution in [1.82, 2.24) is 10.2 Å². The van der Waals surface area contributed by atoms with Gasteiger partial charge >= 0.3 is 5.97 Å². The molecule has 0 fully saturated rings. The van der Waals surface area contributed by atoms with Gasteiger partial charge in [0.2, 0.25) is 0 Å². The van der Waals surface area contributed by atoms with Crippen molar-refractivity contribution in [2.75, 3.05) is 4.72 Å². The van der Waals surface area contributed by atoms with Crippen LogP contribution >= 0.6 is 0 Å². The molecule has 0 aliphatic carbocycles. The fourth-order valence-electron chi connectivity index (χ4n) is 1.67. The second kappa shape index (κ2) is 5.74. The normalized spacial score (nSPS) is 11.2. The predicted octanol–water partition coefficient (Wildman–Crippen LogP) is 1.23. The summed E-state index contributed by atoms with van der Waals surface area (Å²) in [4.78, 5) is 10.6. The summed E-state index contributed by atoms with van der Waals surface area (Å²) in [6.45, 7) is 0. The van der Waals surface area contributed by atoms with Crippen LogP contribution in [0, 0.1) is 0 Å². The first-order chi connectivity index (χ1) is 9.49. The van der Waals surface area contributed by atoms with Crippen molar-refractivity contribution < 1.29 is 18.3 Å². The molecule has 0 amide bonds. The van der Waals surface area contributed by atoms with Gasteiger partial charge in [-0.25, -0.2) is 8.42 Å². The molecule has 0 bridgehead atoms. The third-order valence-corrected chi connectivity index (χ3v) is 3.99. The average Bonchev–Trinajstić information content (AvgIpc) is 2.92. The summed E-state index contributed by atoms with van der Waals surface area (Å²) in [6.07, 6.45) is 2.65. The van der Waals surface area contributed by atoms with Crippen molar-refractivity contribution >= 4 is 21.7 Å². The zero-order valence-corrected chi connectivity index (χ0v) is 11.2. The highest BCUT2D eigenvalue weighted by molar-refractivity contribution is 7.92. The van der Waals surface area contributed by atoms with Gasteiger partial charge in [-0.15, -0.1) is 0 Å². The van der Waals surface area contributed by atoms with Crippen molar-refractivity contribution in [2.45, 2.75) is 17.7 Å². The molecule has 0 saturated carbocycles. The maximum absolute atomic E-state index is 12.1. The smallest absolute Gasteiger partial charge is 0.303 e. The Balaban J connectivity index is 2.23. The number of nitrogens with zero attached hydrogens (tertiary/aromatic N) is 1. The van der Waals surface area contributed by atoms with E-state index in [4.69, 9.17) is 5.11 Å². The van der Waals surface area contributed by atoms with Crippen LogP contribution in [0.15, 0.2) is 41.6 Å². The molecule has 1 aromatic heterocycles. The van der Waals surface area contributed by atoms with E-state index < -0.39 is 16.0 Å². The van der Waals surface area contributed by atoms with Gasteiger partial charge in [0.05, 0.1) is 11.9 Å². The number of aliphatic carboxylic acids is 1. The van der Waals surface area contributed by atoms with E-state index in [2.05, 4.69) is 14.9 Å². The van der Waals surface area contributed by atoms with Crippen LogP contribution in [-0.2, 0) is 21.2 Å². The van der Waals surface area contributed by atoms with Crippen LogP contribution in [0.5, 0.6) is 0 Å². The monoisotopic (exact) mass is 295 g/mol. The number of anilines is 1. The van der Waals surface area contributed by atoms with Crippen molar-refractivity contribution in [3.05, 3.63) is 42.2 Å². The van der Waals surface area contributed by atoms with Crippen LogP contribution in [0.3, 0.4) is 0 Å². The highest BCUT2D eigenvalue weighted by atomic mass is 32.2. The molecule has 2 aromatic rings. The number of para-hydroxylation sites is 1. The lowest BCUT2D eigenvalue weighted by molar-refractivity contribution is -0.136. The maximum Gasteiger partial charge on any atom is 0.303 e. The Morgan fingerprint density at radius 1 is 1.35 bits per heavy atom. The van der Waals surface area contributed by atoms with Gasteiger partial charge in [-0.05, 0) is 18.1 Å². The number of rotatable bonds is 6. The zero-order chi connectivity index (χ0) is 14.6. The molecular formula is C12H13N3O4S. The third kappa shape index (κ3) is 3.35. The van der Waals surface area contributed by atoms with Crippen LogP contribution in [-0.4, -0.2) is 29.7 Å². The van der Waals surface area contributed by atoms with Gasteiger partial charge in [0, 0.05) is 12.6 Å². The second-order valence-electron chi connectivity index (χ2n) is 4.09. The van der Waals surface area contributed by atoms with Crippen LogP contribution in [0.25, 0.3) is 0 Å². The molecule has 106 valence electrons. The molecule has 1 heterocycles. The van der Waals surface area contributed by atoms with E-state index in [0.717, 1.165) is 0 Å². The number of carboxylic acids is 1. The summed E-state index contributed by atoms with van der Waals surface area (Å²) in [5.41, 5.74) is 0.997. The molecule has 0 radical (unpaired) electrons.